The first-order valence-corrected chi connectivity index (χ1v) is 13.2. The molecule has 0 spiro atoms. The maximum absolute atomic E-state index is 14.0. The maximum Gasteiger partial charge on any atom is 0.407 e. The molecule has 0 radical (unpaired) electrons. The molecule has 0 fully saturated rings. The number of carbonyl (C=O) groups excluding carboxylic acids is 2. The molecule has 0 saturated heterocycles. The molecular weight excluding hydrogens is 532 g/mol. The van der Waals surface area contributed by atoms with Crippen molar-refractivity contribution in [3.05, 3.63) is 95.1 Å². The summed E-state index contributed by atoms with van der Waals surface area (Å²) in [6.45, 7) is 2.04. The van der Waals surface area contributed by atoms with Crippen LogP contribution in [0.15, 0.2) is 78.9 Å². The van der Waals surface area contributed by atoms with Crippen LogP contribution >= 0.6 is 11.6 Å². The Morgan fingerprint density at radius 3 is 2.48 bits per heavy atom. The first-order chi connectivity index (χ1) is 19.3. The first kappa shape index (κ1) is 27.1. The molecule has 0 aliphatic carbocycles. The topological polar surface area (TPSA) is 104 Å². The molecule has 1 aliphatic rings. The van der Waals surface area contributed by atoms with Crippen molar-refractivity contribution in [2.75, 3.05) is 18.6 Å². The number of amides is 3. The van der Waals surface area contributed by atoms with Crippen LogP contribution in [0.5, 0.6) is 5.75 Å². The van der Waals surface area contributed by atoms with Crippen LogP contribution < -0.4 is 15.0 Å². The van der Waals surface area contributed by atoms with E-state index in [4.69, 9.17) is 16.3 Å². The van der Waals surface area contributed by atoms with Gasteiger partial charge in [-0.15, -0.1) is 0 Å². The Bertz CT molecular complexity index is 1570. The van der Waals surface area contributed by atoms with Crippen LogP contribution in [0.2, 0.25) is 5.15 Å². The highest BCUT2D eigenvalue weighted by Gasteiger charge is 2.35. The van der Waals surface area contributed by atoms with E-state index in [0.29, 0.717) is 23.1 Å². The van der Waals surface area contributed by atoms with E-state index in [1.165, 1.54) is 14.0 Å². The van der Waals surface area contributed by atoms with E-state index in [0.717, 1.165) is 26.9 Å². The van der Waals surface area contributed by atoms with Crippen LogP contribution in [0.25, 0.3) is 10.9 Å². The SMILES string of the molecule is CC(C(=O)N[C@H]1COc2ccccc2N(Cc2c(Cl)n(Cc3ccccc3)c3ccccc23)C1=O)N(C)C(=O)O. The highest BCUT2D eigenvalue weighted by molar-refractivity contribution is 6.32. The zero-order valence-corrected chi connectivity index (χ0v) is 22.8. The van der Waals surface area contributed by atoms with E-state index in [2.05, 4.69) is 5.32 Å². The lowest BCUT2D eigenvalue weighted by atomic mass is 10.1. The van der Waals surface area contributed by atoms with Crippen LogP contribution in [-0.2, 0) is 22.7 Å². The van der Waals surface area contributed by atoms with Crippen molar-refractivity contribution in [2.24, 2.45) is 0 Å². The van der Waals surface area contributed by atoms with Gasteiger partial charge in [0.1, 0.15) is 29.6 Å². The fraction of sp³-hybridized carbons (Fsp3) is 0.233. The molecule has 4 aromatic rings. The van der Waals surface area contributed by atoms with Gasteiger partial charge in [-0.05, 0) is 30.7 Å². The molecule has 5 rings (SSSR count). The van der Waals surface area contributed by atoms with Crippen LogP contribution in [0.1, 0.15) is 18.1 Å². The average Bonchev–Trinajstić information content (AvgIpc) is 3.15. The Morgan fingerprint density at radius 1 is 1.05 bits per heavy atom. The zero-order chi connectivity index (χ0) is 28.4. The van der Waals surface area contributed by atoms with Crippen molar-refractivity contribution in [1.82, 2.24) is 14.8 Å². The summed E-state index contributed by atoms with van der Waals surface area (Å²) in [6, 6.07) is 23.0. The second-order valence-corrected chi connectivity index (χ2v) is 10.1. The van der Waals surface area contributed by atoms with E-state index in [1.54, 1.807) is 17.0 Å². The lowest BCUT2D eigenvalue weighted by Crippen LogP contribution is -2.55. The van der Waals surface area contributed by atoms with Gasteiger partial charge in [0.25, 0.3) is 5.91 Å². The molecule has 2 N–H and O–H groups in total. The summed E-state index contributed by atoms with van der Waals surface area (Å²) in [5.74, 6) is -0.498. The molecule has 1 unspecified atom stereocenters. The van der Waals surface area contributed by atoms with E-state index >= 15 is 0 Å². The Morgan fingerprint density at radius 2 is 1.73 bits per heavy atom. The van der Waals surface area contributed by atoms with Crippen molar-refractivity contribution in [3.63, 3.8) is 0 Å². The van der Waals surface area contributed by atoms with E-state index < -0.39 is 24.1 Å². The molecule has 206 valence electrons. The fourth-order valence-corrected chi connectivity index (χ4v) is 5.14. The smallest absolute Gasteiger partial charge is 0.407 e. The number of ether oxygens (including phenoxy) is 1. The molecule has 2 heterocycles. The largest absolute Gasteiger partial charge is 0.489 e. The van der Waals surface area contributed by atoms with E-state index in [1.807, 2.05) is 71.3 Å². The quantitative estimate of drug-likeness (QED) is 0.339. The second-order valence-electron chi connectivity index (χ2n) is 9.69. The average molecular weight is 561 g/mol. The summed E-state index contributed by atoms with van der Waals surface area (Å²) in [5, 5.41) is 13.4. The van der Waals surface area contributed by atoms with Crippen molar-refractivity contribution in [2.45, 2.75) is 32.1 Å². The Balaban J connectivity index is 1.51. The van der Waals surface area contributed by atoms with Gasteiger partial charge in [0.05, 0.1) is 12.2 Å². The molecule has 0 bridgehead atoms. The number of hydrogen-bond donors (Lipinski definition) is 2. The molecule has 0 saturated carbocycles. The molecule has 40 heavy (non-hydrogen) atoms. The van der Waals surface area contributed by atoms with Crippen molar-refractivity contribution >= 4 is 46.1 Å². The fourth-order valence-electron chi connectivity index (χ4n) is 4.83. The van der Waals surface area contributed by atoms with Gasteiger partial charge >= 0.3 is 6.09 Å². The highest BCUT2D eigenvalue weighted by Crippen LogP contribution is 2.37. The summed E-state index contributed by atoms with van der Waals surface area (Å²) >= 11 is 7.03. The molecule has 10 heteroatoms. The number of halogens is 1. The van der Waals surface area contributed by atoms with Gasteiger partial charge in [-0.2, -0.15) is 0 Å². The van der Waals surface area contributed by atoms with Crippen LogP contribution in [0.4, 0.5) is 10.5 Å². The number of nitrogens with one attached hydrogen (secondary N) is 1. The van der Waals surface area contributed by atoms with Crippen molar-refractivity contribution < 1.29 is 24.2 Å². The minimum atomic E-state index is -1.25. The van der Waals surface area contributed by atoms with Crippen LogP contribution in [-0.4, -0.2) is 58.2 Å². The van der Waals surface area contributed by atoms with Gasteiger partial charge in [-0.1, -0.05) is 72.3 Å². The molecular formula is C30H29ClN4O5. The van der Waals surface area contributed by atoms with Gasteiger partial charge in [0.2, 0.25) is 5.91 Å². The Hall–Kier alpha value is -4.50. The molecule has 3 amide bonds. The number of nitrogens with zero attached hydrogens (tertiary/aromatic N) is 3. The number of anilines is 1. The van der Waals surface area contributed by atoms with E-state index in [-0.39, 0.29) is 19.1 Å². The normalized spacial score (nSPS) is 15.6. The minimum absolute atomic E-state index is 0.106. The summed E-state index contributed by atoms with van der Waals surface area (Å²) in [6.07, 6.45) is -1.25. The number of aromatic nitrogens is 1. The third kappa shape index (κ3) is 5.20. The molecule has 3 aromatic carbocycles. The zero-order valence-electron chi connectivity index (χ0n) is 22.1. The van der Waals surface area contributed by atoms with Crippen LogP contribution in [0.3, 0.4) is 0 Å². The van der Waals surface area contributed by atoms with Gasteiger partial charge in [-0.3, -0.25) is 14.5 Å². The van der Waals surface area contributed by atoms with E-state index in [9.17, 15) is 19.5 Å². The lowest BCUT2D eigenvalue weighted by Gasteiger charge is -2.27. The lowest BCUT2D eigenvalue weighted by molar-refractivity contribution is -0.130. The van der Waals surface area contributed by atoms with Gasteiger partial charge in [0.15, 0.2) is 0 Å². The molecule has 2 atom stereocenters. The third-order valence-electron chi connectivity index (χ3n) is 7.21. The predicted octanol–water partition coefficient (Wildman–Crippen LogP) is 4.75. The standard InChI is InChI=1S/C30H29ClN4O5/c1-19(33(2)30(38)39)28(36)32-23-18-40-26-15-9-8-14-25(26)35(29(23)37)17-22-21-12-6-7-13-24(21)34(27(22)31)16-20-10-4-3-5-11-20/h3-15,19,23H,16-18H2,1-2H3,(H,32,36)(H,38,39)/t19?,23-/m0/s1. The number of fused-ring (bicyclic) bond motifs is 2. The van der Waals surface area contributed by atoms with Gasteiger partial charge in [-0.25, -0.2) is 4.79 Å². The summed E-state index contributed by atoms with van der Waals surface area (Å²) < 4.78 is 7.97. The number of para-hydroxylation sites is 3. The van der Waals surface area contributed by atoms with Crippen molar-refractivity contribution in [1.29, 1.82) is 0 Å². The van der Waals surface area contributed by atoms with Crippen molar-refractivity contribution in [3.8, 4) is 5.75 Å². The molecule has 9 nitrogen and oxygen atoms in total. The predicted molar refractivity (Wildman–Crippen MR) is 153 cm³/mol. The number of carboxylic acid groups (broad SMARTS) is 1. The number of hydrogen-bond acceptors (Lipinski definition) is 4. The Labute approximate surface area is 236 Å². The number of likely N-dealkylation sites (N-methyl/N-ethyl adjacent to an activating group) is 1. The van der Waals surface area contributed by atoms with Gasteiger partial charge < -0.3 is 24.6 Å². The number of carbonyl (C=O) groups is 3. The summed E-state index contributed by atoms with van der Waals surface area (Å²) in [7, 11) is 1.30. The summed E-state index contributed by atoms with van der Waals surface area (Å²) in [5.41, 5.74) is 3.34. The summed E-state index contributed by atoms with van der Waals surface area (Å²) in [4.78, 5) is 40.7. The Kier molecular flexibility index (Phi) is 7.66. The maximum atomic E-state index is 14.0. The number of rotatable bonds is 7. The molecule has 1 aliphatic heterocycles. The van der Waals surface area contributed by atoms with Crippen LogP contribution in [0, 0.1) is 0 Å². The number of benzene rings is 3. The minimum Gasteiger partial charge on any atom is -0.489 e. The molecule has 1 aromatic heterocycles. The second kappa shape index (κ2) is 11.3. The third-order valence-corrected chi connectivity index (χ3v) is 7.64. The first-order valence-electron chi connectivity index (χ1n) is 12.8. The monoisotopic (exact) mass is 560 g/mol. The highest BCUT2D eigenvalue weighted by atomic mass is 35.5. The van der Waals surface area contributed by atoms with Gasteiger partial charge in [0, 0.05) is 30.1 Å².